The van der Waals surface area contributed by atoms with Crippen LogP contribution < -0.4 is 0 Å². The predicted octanol–water partition coefficient (Wildman–Crippen LogP) is 2.57. The van der Waals surface area contributed by atoms with Gasteiger partial charge in [-0.2, -0.15) is 0 Å². The van der Waals surface area contributed by atoms with E-state index in [2.05, 4.69) is 19.9 Å². The third-order valence-electron chi connectivity index (χ3n) is 2.58. The number of carbonyl (C=O) groups is 1. The van der Waals surface area contributed by atoms with Crippen molar-refractivity contribution < 1.29 is 4.79 Å². The van der Waals surface area contributed by atoms with Gasteiger partial charge in [0.2, 0.25) is 0 Å². The van der Waals surface area contributed by atoms with Crippen LogP contribution in [0.4, 0.5) is 0 Å². The molecule has 0 bridgehead atoms. The Kier molecular flexibility index (Phi) is 2.86. The van der Waals surface area contributed by atoms with Crippen LogP contribution >= 0.6 is 0 Å². The molecule has 0 aliphatic heterocycles. The third-order valence-corrected chi connectivity index (χ3v) is 2.58. The van der Waals surface area contributed by atoms with Gasteiger partial charge >= 0.3 is 0 Å². The second kappa shape index (κ2) is 3.70. The number of allylic oxidation sites excluding steroid dienone is 2. The monoisotopic (exact) mass is 152 g/mol. The van der Waals surface area contributed by atoms with Gasteiger partial charge in [-0.1, -0.05) is 19.9 Å². The molecule has 0 aromatic heterocycles. The smallest absolute Gasteiger partial charge is 0.145 e. The lowest BCUT2D eigenvalue weighted by Crippen LogP contribution is -2.12. The van der Waals surface area contributed by atoms with Gasteiger partial charge < -0.3 is 0 Å². The van der Waals surface area contributed by atoms with E-state index in [1.807, 2.05) is 0 Å². The maximum Gasteiger partial charge on any atom is 0.145 e. The summed E-state index contributed by atoms with van der Waals surface area (Å²) >= 11 is 0. The Bertz CT molecular complexity index is 168. The molecule has 0 aromatic rings. The van der Waals surface area contributed by atoms with Crippen LogP contribution in [0, 0.1) is 11.8 Å². The van der Waals surface area contributed by atoms with Gasteiger partial charge in [0, 0.05) is 0 Å². The van der Waals surface area contributed by atoms with Crippen molar-refractivity contribution in [3.63, 3.8) is 0 Å². The molecule has 0 amide bonds. The lowest BCUT2D eigenvalue weighted by molar-refractivity contribution is -0.105. The Hall–Kier alpha value is -0.590. The van der Waals surface area contributed by atoms with Crippen LogP contribution in [0.3, 0.4) is 0 Å². The molecule has 0 radical (unpaired) electrons. The molecule has 0 heterocycles. The fourth-order valence-electron chi connectivity index (χ4n) is 1.59. The van der Waals surface area contributed by atoms with Gasteiger partial charge in [-0.15, -0.1) is 0 Å². The van der Waals surface area contributed by atoms with E-state index in [1.54, 1.807) is 0 Å². The molecule has 0 spiro atoms. The van der Waals surface area contributed by atoms with Gasteiger partial charge in [0.1, 0.15) is 6.29 Å². The van der Waals surface area contributed by atoms with Gasteiger partial charge in [0.05, 0.1) is 0 Å². The highest BCUT2D eigenvalue weighted by atomic mass is 16.1. The average molecular weight is 152 g/mol. The van der Waals surface area contributed by atoms with E-state index in [4.69, 9.17) is 0 Å². The van der Waals surface area contributed by atoms with E-state index in [-0.39, 0.29) is 0 Å². The normalized spacial score (nSPS) is 25.0. The molecule has 1 aliphatic carbocycles. The van der Waals surface area contributed by atoms with Crippen LogP contribution in [0.25, 0.3) is 0 Å². The topological polar surface area (TPSA) is 17.1 Å². The minimum Gasteiger partial charge on any atom is -0.298 e. The first-order valence-corrected chi connectivity index (χ1v) is 4.38. The minimum absolute atomic E-state index is 0.763. The first-order valence-electron chi connectivity index (χ1n) is 4.38. The molecule has 11 heavy (non-hydrogen) atoms. The Morgan fingerprint density at radius 2 is 2.36 bits per heavy atom. The number of aldehydes is 1. The minimum atomic E-state index is 0.763. The third kappa shape index (κ3) is 2.18. The van der Waals surface area contributed by atoms with E-state index < -0.39 is 0 Å². The van der Waals surface area contributed by atoms with Crippen LogP contribution in [-0.2, 0) is 4.79 Å². The Morgan fingerprint density at radius 3 is 2.73 bits per heavy atom. The molecule has 0 saturated carbocycles. The number of carbonyl (C=O) groups excluding carboxylic acids is 1. The molecular formula is C10H16O. The first-order chi connectivity index (χ1) is 5.24. The summed E-state index contributed by atoms with van der Waals surface area (Å²) in [6, 6.07) is 0. The van der Waals surface area contributed by atoms with Crippen molar-refractivity contribution in [2.45, 2.75) is 33.1 Å². The summed E-state index contributed by atoms with van der Waals surface area (Å²) in [4.78, 5) is 10.4. The SMILES string of the molecule is CC(C)C1CC=C(C=O)CC1. The first kappa shape index (κ1) is 8.51. The zero-order valence-corrected chi connectivity index (χ0v) is 7.34. The summed E-state index contributed by atoms with van der Waals surface area (Å²) < 4.78 is 0. The number of rotatable bonds is 2. The van der Waals surface area contributed by atoms with Crippen LogP contribution in [-0.4, -0.2) is 6.29 Å². The summed E-state index contributed by atoms with van der Waals surface area (Å²) in [5.74, 6) is 1.57. The van der Waals surface area contributed by atoms with Crippen molar-refractivity contribution in [2.75, 3.05) is 0 Å². The Morgan fingerprint density at radius 1 is 1.64 bits per heavy atom. The highest BCUT2D eigenvalue weighted by molar-refractivity contribution is 5.73. The predicted molar refractivity (Wildman–Crippen MR) is 46.3 cm³/mol. The molecule has 1 heteroatoms. The molecule has 0 saturated heterocycles. The quantitative estimate of drug-likeness (QED) is 0.556. The molecule has 0 fully saturated rings. The summed E-state index contributed by atoms with van der Waals surface area (Å²) in [5, 5.41) is 0. The van der Waals surface area contributed by atoms with Crippen molar-refractivity contribution in [3.05, 3.63) is 11.6 Å². The van der Waals surface area contributed by atoms with Crippen LogP contribution in [0.1, 0.15) is 33.1 Å². The van der Waals surface area contributed by atoms with E-state index in [1.165, 1.54) is 6.42 Å². The van der Waals surface area contributed by atoms with Crippen molar-refractivity contribution in [3.8, 4) is 0 Å². The Balaban J connectivity index is 2.47. The standard InChI is InChI=1S/C10H16O/c1-8(2)10-5-3-9(7-11)4-6-10/h3,7-8,10H,4-6H2,1-2H3. The van der Waals surface area contributed by atoms with E-state index in [9.17, 15) is 4.79 Å². The molecule has 1 aliphatic rings. The molecule has 1 atom stereocenters. The molecular weight excluding hydrogens is 136 g/mol. The number of hydrogen-bond acceptors (Lipinski definition) is 1. The average Bonchev–Trinajstić information content (AvgIpc) is 2.05. The summed E-state index contributed by atoms with van der Waals surface area (Å²) in [6.07, 6.45) is 6.39. The van der Waals surface area contributed by atoms with Gasteiger partial charge in [0.15, 0.2) is 0 Å². The van der Waals surface area contributed by atoms with Crippen molar-refractivity contribution in [1.29, 1.82) is 0 Å². The van der Waals surface area contributed by atoms with Gasteiger partial charge in [-0.05, 0) is 36.7 Å². The van der Waals surface area contributed by atoms with Crippen LogP contribution in [0.2, 0.25) is 0 Å². The molecule has 1 nitrogen and oxygen atoms in total. The van der Waals surface area contributed by atoms with Crippen molar-refractivity contribution >= 4 is 6.29 Å². The van der Waals surface area contributed by atoms with E-state index in [0.717, 1.165) is 36.5 Å². The molecule has 1 rings (SSSR count). The van der Waals surface area contributed by atoms with Crippen molar-refractivity contribution in [1.82, 2.24) is 0 Å². The van der Waals surface area contributed by atoms with Crippen molar-refractivity contribution in [2.24, 2.45) is 11.8 Å². The second-order valence-corrected chi connectivity index (χ2v) is 3.68. The van der Waals surface area contributed by atoms with Crippen LogP contribution in [0.5, 0.6) is 0 Å². The van der Waals surface area contributed by atoms with E-state index >= 15 is 0 Å². The highest BCUT2D eigenvalue weighted by Gasteiger charge is 2.16. The summed E-state index contributed by atoms with van der Waals surface area (Å²) in [5.41, 5.74) is 1.00. The van der Waals surface area contributed by atoms with Gasteiger partial charge in [-0.3, -0.25) is 4.79 Å². The summed E-state index contributed by atoms with van der Waals surface area (Å²) in [6.45, 7) is 4.51. The lowest BCUT2D eigenvalue weighted by Gasteiger charge is -2.22. The highest BCUT2D eigenvalue weighted by Crippen LogP contribution is 2.27. The molecule has 1 unspecified atom stereocenters. The maximum atomic E-state index is 10.4. The fourth-order valence-corrected chi connectivity index (χ4v) is 1.59. The summed E-state index contributed by atoms with van der Waals surface area (Å²) in [7, 11) is 0. The molecule has 0 N–H and O–H groups in total. The zero-order valence-electron chi connectivity index (χ0n) is 7.34. The molecule has 0 aromatic carbocycles. The van der Waals surface area contributed by atoms with Crippen LogP contribution in [0.15, 0.2) is 11.6 Å². The van der Waals surface area contributed by atoms with Gasteiger partial charge in [0.25, 0.3) is 0 Å². The number of hydrogen-bond donors (Lipinski definition) is 0. The molecule has 62 valence electrons. The maximum absolute atomic E-state index is 10.4. The lowest BCUT2D eigenvalue weighted by atomic mass is 9.83. The second-order valence-electron chi connectivity index (χ2n) is 3.68. The van der Waals surface area contributed by atoms with E-state index in [0.29, 0.717) is 0 Å². The fraction of sp³-hybridized carbons (Fsp3) is 0.700. The van der Waals surface area contributed by atoms with Gasteiger partial charge in [-0.25, -0.2) is 0 Å². The largest absolute Gasteiger partial charge is 0.298 e. The Labute approximate surface area is 68.5 Å². The zero-order chi connectivity index (χ0) is 8.27.